The summed E-state index contributed by atoms with van der Waals surface area (Å²) in [5, 5.41) is 4.88. The minimum Gasteiger partial charge on any atom is -0.357 e. The van der Waals surface area contributed by atoms with Gasteiger partial charge in [0.25, 0.3) is 0 Å². The van der Waals surface area contributed by atoms with E-state index in [0.717, 1.165) is 19.0 Å². The molecule has 1 heterocycles. The summed E-state index contributed by atoms with van der Waals surface area (Å²) in [6.45, 7) is 3.18. The van der Waals surface area contributed by atoms with Crippen molar-refractivity contribution in [3.8, 4) is 0 Å². The summed E-state index contributed by atoms with van der Waals surface area (Å²) in [6.07, 6.45) is 3.79. The van der Waals surface area contributed by atoms with Crippen LogP contribution in [0.4, 0.5) is 0 Å². The lowest BCUT2D eigenvalue weighted by molar-refractivity contribution is 0.678. The molecule has 1 saturated carbocycles. The molecule has 16 heavy (non-hydrogen) atoms. The largest absolute Gasteiger partial charge is 0.357 e. The molecule has 1 aromatic carbocycles. The zero-order valence-corrected chi connectivity index (χ0v) is 9.72. The Hall–Kier alpha value is -1.28. The van der Waals surface area contributed by atoms with E-state index < -0.39 is 0 Å². The molecule has 2 heteroatoms. The van der Waals surface area contributed by atoms with Crippen LogP contribution in [0.3, 0.4) is 0 Å². The number of benzene rings is 1. The fourth-order valence-electron chi connectivity index (χ4n) is 2.21. The third kappa shape index (κ3) is 1.85. The quantitative estimate of drug-likeness (QED) is 0.804. The van der Waals surface area contributed by atoms with Crippen molar-refractivity contribution < 1.29 is 0 Å². The molecule has 0 radical (unpaired) electrons. The highest BCUT2D eigenvalue weighted by Gasteiger charge is 2.20. The van der Waals surface area contributed by atoms with Crippen molar-refractivity contribution in [2.24, 2.45) is 0 Å². The van der Waals surface area contributed by atoms with Crippen molar-refractivity contribution in [3.63, 3.8) is 0 Å². The lowest BCUT2D eigenvalue weighted by Gasteiger charge is -1.99. The van der Waals surface area contributed by atoms with Gasteiger partial charge in [-0.3, -0.25) is 0 Å². The predicted molar refractivity (Wildman–Crippen MR) is 67.5 cm³/mol. The monoisotopic (exact) mass is 214 g/mol. The molecule has 1 aromatic heterocycles. The molecule has 0 aliphatic heterocycles. The number of fused-ring (bicyclic) bond motifs is 1. The van der Waals surface area contributed by atoms with Crippen LogP contribution in [0.15, 0.2) is 24.3 Å². The number of aryl methyl sites for hydroxylation is 1. The fourth-order valence-corrected chi connectivity index (χ4v) is 2.21. The van der Waals surface area contributed by atoms with Gasteiger partial charge in [0, 0.05) is 23.8 Å². The van der Waals surface area contributed by atoms with Gasteiger partial charge < -0.3 is 10.3 Å². The van der Waals surface area contributed by atoms with Crippen LogP contribution in [0.5, 0.6) is 0 Å². The highest BCUT2D eigenvalue weighted by molar-refractivity contribution is 5.83. The SMILES string of the molecule is CCc1cccc2cc(CNC3CC3)[nH]c12. The van der Waals surface area contributed by atoms with E-state index in [2.05, 4.69) is 41.5 Å². The third-order valence-corrected chi connectivity index (χ3v) is 3.34. The molecule has 0 amide bonds. The van der Waals surface area contributed by atoms with Crippen LogP contribution in [0.2, 0.25) is 0 Å². The lowest BCUT2D eigenvalue weighted by Crippen LogP contribution is -2.15. The van der Waals surface area contributed by atoms with Gasteiger partial charge in [-0.2, -0.15) is 0 Å². The number of nitrogens with one attached hydrogen (secondary N) is 2. The zero-order valence-electron chi connectivity index (χ0n) is 9.72. The highest BCUT2D eigenvalue weighted by atomic mass is 15.0. The molecule has 84 valence electrons. The summed E-state index contributed by atoms with van der Waals surface area (Å²) in [5.41, 5.74) is 4.04. The maximum absolute atomic E-state index is 3.54. The summed E-state index contributed by atoms with van der Waals surface area (Å²) in [5.74, 6) is 0. The van der Waals surface area contributed by atoms with Crippen molar-refractivity contribution in [2.75, 3.05) is 0 Å². The predicted octanol–water partition coefficient (Wildman–Crippen LogP) is 2.98. The summed E-state index contributed by atoms with van der Waals surface area (Å²) in [4.78, 5) is 3.54. The van der Waals surface area contributed by atoms with Gasteiger partial charge in [0.1, 0.15) is 0 Å². The Kier molecular flexibility index (Phi) is 2.44. The van der Waals surface area contributed by atoms with E-state index in [9.17, 15) is 0 Å². The molecule has 2 N–H and O–H groups in total. The van der Waals surface area contributed by atoms with Gasteiger partial charge in [0.15, 0.2) is 0 Å². The van der Waals surface area contributed by atoms with Crippen LogP contribution in [0.25, 0.3) is 10.9 Å². The average molecular weight is 214 g/mol. The molecule has 1 fully saturated rings. The van der Waals surface area contributed by atoms with Gasteiger partial charge in [-0.25, -0.2) is 0 Å². The molecule has 0 unspecified atom stereocenters. The number of hydrogen-bond acceptors (Lipinski definition) is 1. The van der Waals surface area contributed by atoms with Crippen molar-refractivity contribution >= 4 is 10.9 Å². The van der Waals surface area contributed by atoms with Crippen LogP contribution >= 0.6 is 0 Å². The first-order valence-electron chi connectivity index (χ1n) is 6.19. The molecule has 1 aliphatic carbocycles. The number of rotatable bonds is 4. The summed E-state index contributed by atoms with van der Waals surface area (Å²) >= 11 is 0. The first-order valence-corrected chi connectivity index (χ1v) is 6.19. The minimum atomic E-state index is 0.775. The van der Waals surface area contributed by atoms with Crippen LogP contribution in [-0.2, 0) is 13.0 Å². The summed E-state index contributed by atoms with van der Waals surface area (Å²) in [6, 6.07) is 9.58. The number of H-pyrrole nitrogens is 1. The molecule has 2 nitrogen and oxygen atoms in total. The Labute approximate surface area is 96.1 Å². The number of hydrogen-bond donors (Lipinski definition) is 2. The molecular formula is C14H18N2. The molecule has 1 aliphatic rings. The molecule has 2 aromatic rings. The second kappa shape index (κ2) is 3.95. The van der Waals surface area contributed by atoms with Crippen molar-refractivity contribution in [1.82, 2.24) is 10.3 Å². The molecule has 0 spiro atoms. The maximum atomic E-state index is 3.54. The van der Waals surface area contributed by atoms with E-state index in [4.69, 9.17) is 0 Å². The Morgan fingerprint density at radius 2 is 2.25 bits per heavy atom. The van der Waals surface area contributed by atoms with E-state index in [-0.39, 0.29) is 0 Å². The Morgan fingerprint density at radius 1 is 1.38 bits per heavy atom. The standard InChI is InChI=1S/C14H18N2/c1-2-10-4-3-5-11-8-13(16-14(10)11)9-15-12-6-7-12/h3-5,8,12,15-16H,2,6-7,9H2,1H3. The Balaban J connectivity index is 1.88. The van der Waals surface area contributed by atoms with Crippen LogP contribution in [-0.4, -0.2) is 11.0 Å². The van der Waals surface area contributed by atoms with Crippen molar-refractivity contribution in [3.05, 3.63) is 35.5 Å². The lowest BCUT2D eigenvalue weighted by atomic mass is 10.1. The van der Waals surface area contributed by atoms with Gasteiger partial charge in [0.05, 0.1) is 0 Å². The van der Waals surface area contributed by atoms with Crippen LogP contribution in [0.1, 0.15) is 31.0 Å². The van der Waals surface area contributed by atoms with Crippen LogP contribution in [0, 0.1) is 0 Å². The molecule has 0 atom stereocenters. The smallest absolute Gasteiger partial charge is 0.0488 e. The number of aromatic amines is 1. The average Bonchev–Trinajstić information content (AvgIpc) is 3.04. The summed E-state index contributed by atoms with van der Waals surface area (Å²) < 4.78 is 0. The Bertz CT molecular complexity index is 494. The second-order valence-electron chi connectivity index (χ2n) is 4.68. The molecule has 0 bridgehead atoms. The first kappa shape index (κ1) is 9.91. The normalized spacial score (nSPS) is 15.8. The van der Waals surface area contributed by atoms with E-state index in [1.807, 2.05) is 0 Å². The topological polar surface area (TPSA) is 27.8 Å². The van der Waals surface area contributed by atoms with E-state index in [1.54, 1.807) is 0 Å². The van der Waals surface area contributed by atoms with E-state index in [1.165, 1.54) is 35.0 Å². The minimum absolute atomic E-state index is 0.775. The molecule has 3 rings (SSSR count). The first-order chi connectivity index (χ1) is 7.86. The Morgan fingerprint density at radius 3 is 3.00 bits per heavy atom. The van der Waals surface area contributed by atoms with Gasteiger partial charge in [0.2, 0.25) is 0 Å². The van der Waals surface area contributed by atoms with Crippen molar-refractivity contribution in [2.45, 2.75) is 38.8 Å². The van der Waals surface area contributed by atoms with Gasteiger partial charge >= 0.3 is 0 Å². The molecular weight excluding hydrogens is 196 g/mol. The number of para-hydroxylation sites is 1. The molecule has 0 saturated heterocycles. The highest BCUT2D eigenvalue weighted by Crippen LogP contribution is 2.22. The van der Waals surface area contributed by atoms with Gasteiger partial charge in [-0.05, 0) is 36.3 Å². The van der Waals surface area contributed by atoms with E-state index in [0.29, 0.717) is 0 Å². The summed E-state index contributed by atoms with van der Waals surface area (Å²) in [7, 11) is 0. The maximum Gasteiger partial charge on any atom is 0.0488 e. The fraction of sp³-hybridized carbons (Fsp3) is 0.429. The second-order valence-corrected chi connectivity index (χ2v) is 4.68. The number of aromatic nitrogens is 1. The van der Waals surface area contributed by atoms with Crippen molar-refractivity contribution in [1.29, 1.82) is 0 Å². The third-order valence-electron chi connectivity index (χ3n) is 3.34. The van der Waals surface area contributed by atoms with Crippen LogP contribution < -0.4 is 5.32 Å². The van der Waals surface area contributed by atoms with E-state index >= 15 is 0 Å². The van der Waals surface area contributed by atoms with Gasteiger partial charge in [-0.1, -0.05) is 25.1 Å². The zero-order chi connectivity index (χ0) is 11.0. The van der Waals surface area contributed by atoms with Gasteiger partial charge in [-0.15, -0.1) is 0 Å².